The van der Waals surface area contributed by atoms with Gasteiger partial charge < -0.3 is 20.4 Å². The molecule has 1 fully saturated rings. The lowest BCUT2D eigenvalue weighted by atomic mass is 10.2. The Hall–Kier alpha value is -2.23. The fourth-order valence-electron chi connectivity index (χ4n) is 3.33. The molecule has 2 aromatic rings. The summed E-state index contributed by atoms with van der Waals surface area (Å²) in [7, 11) is 0. The van der Waals surface area contributed by atoms with Gasteiger partial charge in [-0.2, -0.15) is 0 Å². The highest BCUT2D eigenvalue weighted by atomic mass is 35.5. The Morgan fingerprint density at radius 1 is 1.22 bits per heavy atom. The average Bonchev–Trinajstić information content (AvgIpc) is 2.71. The van der Waals surface area contributed by atoms with Gasteiger partial charge in [0.1, 0.15) is 11.0 Å². The molecule has 2 heterocycles. The van der Waals surface area contributed by atoms with Gasteiger partial charge in [-0.15, -0.1) is 0 Å². The first-order valence-corrected chi connectivity index (χ1v) is 12.0. The SMILES string of the molecule is CC(C)NC(=O)CSc1nc(Cl)cc(N2CCN(C(=O)Nc3cccc(Cl)c3)[C@@H](C)C2)n1. The van der Waals surface area contributed by atoms with Gasteiger partial charge in [0, 0.05) is 48.5 Å². The van der Waals surface area contributed by atoms with Crippen molar-refractivity contribution in [2.75, 3.05) is 35.6 Å². The second-order valence-corrected chi connectivity index (χ2v) is 9.54. The summed E-state index contributed by atoms with van der Waals surface area (Å²) in [4.78, 5) is 37.3. The van der Waals surface area contributed by atoms with Gasteiger partial charge in [0.2, 0.25) is 5.91 Å². The number of anilines is 2. The summed E-state index contributed by atoms with van der Waals surface area (Å²) >= 11 is 13.4. The van der Waals surface area contributed by atoms with Gasteiger partial charge in [0.15, 0.2) is 5.16 Å². The molecule has 1 aliphatic heterocycles. The predicted molar refractivity (Wildman–Crippen MR) is 130 cm³/mol. The van der Waals surface area contributed by atoms with Gasteiger partial charge in [-0.3, -0.25) is 4.79 Å². The normalized spacial score (nSPS) is 16.2. The van der Waals surface area contributed by atoms with Crippen molar-refractivity contribution in [2.24, 2.45) is 0 Å². The maximum absolute atomic E-state index is 12.7. The molecule has 172 valence electrons. The summed E-state index contributed by atoms with van der Waals surface area (Å²) in [5, 5.41) is 7.06. The first-order valence-electron chi connectivity index (χ1n) is 10.3. The number of benzene rings is 1. The van der Waals surface area contributed by atoms with Crippen molar-refractivity contribution in [3.63, 3.8) is 0 Å². The highest BCUT2D eigenvalue weighted by molar-refractivity contribution is 7.99. The Morgan fingerprint density at radius 2 is 2.00 bits per heavy atom. The predicted octanol–water partition coefficient (Wildman–Crippen LogP) is 4.14. The maximum atomic E-state index is 12.7. The third-order valence-corrected chi connectivity index (χ3v) is 6.01. The Bertz CT molecular complexity index is 977. The van der Waals surface area contributed by atoms with E-state index in [-0.39, 0.29) is 29.8 Å². The molecule has 0 unspecified atom stereocenters. The minimum atomic E-state index is -0.174. The average molecular weight is 497 g/mol. The quantitative estimate of drug-likeness (QED) is 0.354. The number of halogens is 2. The molecule has 0 radical (unpaired) electrons. The summed E-state index contributed by atoms with van der Waals surface area (Å²) in [6.45, 7) is 7.51. The fourth-order valence-corrected chi connectivity index (χ4v) is 4.42. The van der Waals surface area contributed by atoms with Crippen LogP contribution in [0.1, 0.15) is 20.8 Å². The second kappa shape index (κ2) is 11.1. The van der Waals surface area contributed by atoms with E-state index in [1.54, 1.807) is 35.2 Å². The summed E-state index contributed by atoms with van der Waals surface area (Å²) in [5.74, 6) is 0.813. The zero-order chi connectivity index (χ0) is 23.3. The van der Waals surface area contributed by atoms with Crippen molar-refractivity contribution in [3.05, 3.63) is 40.5 Å². The Labute approximate surface area is 202 Å². The molecule has 11 heteroatoms. The van der Waals surface area contributed by atoms with Crippen LogP contribution in [0.15, 0.2) is 35.5 Å². The van der Waals surface area contributed by atoms with Crippen LogP contribution in [0, 0.1) is 0 Å². The van der Waals surface area contributed by atoms with Crippen molar-refractivity contribution in [1.82, 2.24) is 20.2 Å². The number of nitrogens with one attached hydrogen (secondary N) is 2. The first-order chi connectivity index (χ1) is 15.2. The molecular formula is C21H26Cl2N6O2S. The number of thioether (sulfide) groups is 1. The fraction of sp³-hybridized carbons (Fsp3) is 0.429. The van der Waals surface area contributed by atoms with Crippen LogP contribution in [0.5, 0.6) is 0 Å². The maximum Gasteiger partial charge on any atom is 0.322 e. The van der Waals surface area contributed by atoms with Crippen LogP contribution in [0.25, 0.3) is 0 Å². The molecule has 1 aliphatic rings. The number of urea groups is 1. The summed E-state index contributed by atoms with van der Waals surface area (Å²) in [6, 6.07) is 8.62. The van der Waals surface area contributed by atoms with Crippen molar-refractivity contribution >= 4 is 58.4 Å². The number of hydrogen-bond donors (Lipinski definition) is 2. The summed E-state index contributed by atoms with van der Waals surface area (Å²) in [5.41, 5.74) is 0.655. The molecule has 2 N–H and O–H groups in total. The molecule has 0 saturated carbocycles. The van der Waals surface area contributed by atoms with Crippen molar-refractivity contribution < 1.29 is 9.59 Å². The van der Waals surface area contributed by atoms with Crippen LogP contribution >= 0.6 is 35.0 Å². The van der Waals surface area contributed by atoms with E-state index in [1.807, 2.05) is 20.8 Å². The molecule has 8 nitrogen and oxygen atoms in total. The van der Waals surface area contributed by atoms with E-state index in [1.165, 1.54) is 11.8 Å². The third kappa shape index (κ3) is 6.88. The molecule has 1 aromatic heterocycles. The first kappa shape index (κ1) is 24.4. The zero-order valence-electron chi connectivity index (χ0n) is 18.1. The lowest BCUT2D eigenvalue weighted by molar-refractivity contribution is -0.119. The molecule has 32 heavy (non-hydrogen) atoms. The van der Waals surface area contributed by atoms with E-state index < -0.39 is 0 Å². The topological polar surface area (TPSA) is 90.5 Å². The molecular weight excluding hydrogens is 471 g/mol. The van der Waals surface area contributed by atoms with Gasteiger partial charge in [0.25, 0.3) is 0 Å². The van der Waals surface area contributed by atoms with Gasteiger partial charge in [-0.25, -0.2) is 14.8 Å². The van der Waals surface area contributed by atoms with E-state index in [0.717, 1.165) is 0 Å². The van der Waals surface area contributed by atoms with Crippen LogP contribution in [-0.4, -0.2) is 64.3 Å². The van der Waals surface area contributed by atoms with E-state index >= 15 is 0 Å². The number of carbonyl (C=O) groups excluding carboxylic acids is 2. The molecule has 3 amide bonds. The molecule has 0 bridgehead atoms. The number of aromatic nitrogens is 2. The van der Waals surface area contributed by atoms with E-state index in [9.17, 15) is 9.59 Å². The van der Waals surface area contributed by atoms with Crippen LogP contribution in [0.3, 0.4) is 0 Å². The molecule has 0 spiro atoms. The van der Waals surface area contributed by atoms with Crippen LogP contribution in [-0.2, 0) is 4.79 Å². The zero-order valence-corrected chi connectivity index (χ0v) is 20.5. The van der Waals surface area contributed by atoms with Crippen molar-refractivity contribution in [3.8, 4) is 0 Å². The van der Waals surface area contributed by atoms with E-state index in [0.29, 0.717) is 46.5 Å². The highest BCUT2D eigenvalue weighted by Crippen LogP contribution is 2.24. The van der Waals surface area contributed by atoms with Gasteiger partial charge in [-0.05, 0) is 39.0 Å². The largest absolute Gasteiger partial charge is 0.353 e. The molecule has 3 rings (SSSR count). The summed E-state index contributed by atoms with van der Waals surface area (Å²) < 4.78 is 0. The van der Waals surface area contributed by atoms with Crippen molar-refractivity contribution in [2.45, 2.75) is 38.0 Å². The molecule has 1 saturated heterocycles. The number of rotatable bonds is 6. The lowest BCUT2D eigenvalue weighted by Crippen LogP contribution is -2.55. The van der Waals surface area contributed by atoms with Gasteiger partial charge >= 0.3 is 6.03 Å². The van der Waals surface area contributed by atoms with E-state index in [2.05, 4.69) is 25.5 Å². The van der Waals surface area contributed by atoms with Gasteiger partial charge in [-0.1, -0.05) is 41.0 Å². The van der Waals surface area contributed by atoms with Crippen molar-refractivity contribution in [1.29, 1.82) is 0 Å². The number of piperazine rings is 1. The Kier molecular flexibility index (Phi) is 8.44. The van der Waals surface area contributed by atoms with E-state index in [4.69, 9.17) is 23.2 Å². The highest BCUT2D eigenvalue weighted by Gasteiger charge is 2.28. The number of hydrogen-bond acceptors (Lipinski definition) is 6. The molecule has 1 aromatic carbocycles. The lowest BCUT2D eigenvalue weighted by Gasteiger charge is -2.40. The van der Waals surface area contributed by atoms with Gasteiger partial charge in [0.05, 0.1) is 5.75 Å². The third-order valence-electron chi connectivity index (χ3n) is 4.73. The smallest absolute Gasteiger partial charge is 0.322 e. The standard InChI is InChI=1S/C21H26Cl2N6O2S/c1-13(2)24-19(30)12-32-20-26-17(23)10-18(27-20)28-7-8-29(14(3)11-28)21(31)25-16-6-4-5-15(22)9-16/h4-6,9-10,13-14H,7-8,11-12H2,1-3H3,(H,24,30)(H,25,31)/t14-/m0/s1. The van der Waals surface area contributed by atoms with Crippen LogP contribution in [0.2, 0.25) is 10.2 Å². The van der Waals surface area contributed by atoms with Crippen LogP contribution < -0.4 is 15.5 Å². The molecule has 0 aliphatic carbocycles. The number of carbonyl (C=O) groups is 2. The Morgan fingerprint density at radius 3 is 2.69 bits per heavy atom. The number of nitrogens with zero attached hydrogens (tertiary/aromatic N) is 4. The summed E-state index contributed by atoms with van der Waals surface area (Å²) in [6.07, 6.45) is 0. The number of amides is 3. The minimum absolute atomic E-state index is 0.0513. The molecule has 1 atom stereocenters. The van der Waals surface area contributed by atoms with Crippen LogP contribution in [0.4, 0.5) is 16.3 Å². The monoisotopic (exact) mass is 496 g/mol. The second-order valence-electron chi connectivity index (χ2n) is 7.77. The minimum Gasteiger partial charge on any atom is -0.353 e. The Balaban J connectivity index is 1.61.